The molecular formula is C18H23N3O4. The lowest BCUT2D eigenvalue weighted by atomic mass is 10.2. The van der Waals surface area contributed by atoms with E-state index < -0.39 is 11.9 Å². The molecule has 0 radical (unpaired) electrons. The third-order valence-electron chi connectivity index (χ3n) is 3.04. The molecule has 25 heavy (non-hydrogen) atoms. The zero-order valence-corrected chi connectivity index (χ0v) is 14.3. The van der Waals surface area contributed by atoms with E-state index in [1.54, 1.807) is 0 Å². The maximum absolute atomic E-state index is 9.10. The van der Waals surface area contributed by atoms with Crippen molar-refractivity contribution in [1.29, 1.82) is 0 Å². The Morgan fingerprint density at radius 3 is 1.56 bits per heavy atom. The fourth-order valence-electron chi connectivity index (χ4n) is 1.87. The highest BCUT2D eigenvalue weighted by Gasteiger charge is 2.07. The molecule has 0 unspecified atom stereocenters. The molecule has 0 aromatic heterocycles. The summed E-state index contributed by atoms with van der Waals surface area (Å²) in [6, 6.07) is 20.7. The molecule has 0 heterocycles. The molecule has 0 saturated heterocycles. The largest absolute Gasteiger partial charge is 0.473 e. The van der Waals surface area contributed by atoms with Crippen molar-refractivity contribution in [2.45, 2.75) is 0 Å². The van der Waals surface area contributed by atoms with Crippen molar-refractivity contribution in [3.8, 4) is 0 Å². The average molecular weight is 345 g/mol. The van der Waals surface area contributed by atoms with Crippen molar-refractivity contribution in [1.82, 2.24) is 10.3 Å². The molecule has 7 nitrogen and oxygen atoms in total. The van der Waals surface area contributed by atoms with Gasteiger partial charge < -0.3 is 15.1 Å². The van der Waals surface area contributed by atoms with Gasteiger partial charge in [-0.05, 0) is 38.4 Å². The van der Waals surface area contributed by atoms with Gasteiger partial charge in [-0.3, -0.25) is 5.01 Å². The van der Waals surface area contributed by atoms with Gasteiger partial charge in [-0.1, -0.05) is 36.4 Å². The predicted molar refractivity (Wildman–Crippen MR) is 96.9 cm³/mol. The lowest BCUT2D eigenvalue weighted by Crippen LogP contribution is -2.38. The monoisotopic (exact) mass is 345 g/mol. The smallest absolute Gasteiger partial charge is 0.414 e. The zero-order chi connectivity index (χ0) is 18.7. The van der Waals surface area contributed by atoms with Crippen LogP contribution in [0.2, 0.25) is 0 Å². The summed E-state index contributed by atoms with van der Waals surface area (Å²) in [5.41, 5.74) is 5.77. The highest BCUT2D eigenvalue weighted by molar-refractivity contribution is 6.27. The van der Waals surface area contributed by atoms with Gasteiger partial charge >= 0.3 is 11.9 Å². The van der Waals surface area contributed by atoms with Crippen LogP contribution in [-0.4, -0.2) is 54.2 Å². The zero-order valence-electron chi connectivity index (χ0n) is 14.3. The van der Waals surface area contributed by atoms with Gasteiger partial charge in [0.1, 0.15) is 0 Å². The molecule has 0 fully saturated rings. The SMILES string of the molecule is CN(C)CCNN(c1ccccc1)c1ccccc1.O=C(O)C(=O)O. The summed E-state index contributed by atoms with van der Waals surface area (Å²) in [5.74, 6) is -3.65. The van der Waals surface area contributed by atoms with Crippen molar-refractivity contribution in [2.75, 3.05) is 32.2 Å². The number of carboxylic acid groups (broad SMARTS) is 2. The summed E-state index contributed by atoms with van der Waals surface area (Å²) in [6.07, 6.45) is 0. The van der Waals surface area contributed by atoms with Gasteiger partial charge in [0.05, 0.1) is 11.4 Å². The van der Waals surface area contributed by atoms with Gasteiger partial charge in [0.25, 0.3) is 0 Å². The maximum atomic E-state index is 9.10. The molecule has 0 bridgehead atoms. The van der Waals surface area contributed by atoms with Crippen LogP contribution in [-0.2, 0) is 9.59 Å². The second-order valence-electron chi connectivity index (χ2n) is 5.33. The Bertz CT molecular complexity index is 596. The molecule has 3 N–H and O–H groups in total. The molecule has 2 rings (SSSR count). The van der Waals surface area contributed by atoms with E-state index in [2.05, 4.69) is 78.0 Å². The molecule has 0 saturated carbocycles. The first-order chi connectivity index (χ1) is 11.9. The Labute approximate surface area is 147 Å². The summed E-state index contributed by atoms with van der Waals surface area (Å²) in [6.45, 7) is 1.90. The van der Waals surface area contributed by atoms with E-state index in [1.807, 2.05) is 12.1 Å². The van der Waals surface area contributed by atoms with Gasteiger partial charge in [0.2, 0.25) is 0 Å². The Kier molecular flexibility index (Phi) is 8.70. The van der Waals surface area contributed by atoms with E-state index in [-0.39, 0.29) is 0 Å². The molecule has 0 amide bonds. The van der Waals surface area contributed by atoms with Gasteiger partial charge in [-0.25, -0.2) is 15.0 Å². The molecule has 0 aliphatic carbocycles. The fourth-order valence-corrected chi connectivity index (χ4v) is 1.87. The third-order valence-corrected chi connectivity index (χ3v) is 3.04. The van der Waals surface area contributed by atoms with Gasteiger partial charge in [-0.2, -0.15) is 0 Å². The van der Waals surface area contributed by atoms with E-state index in [0.29, 0.717) is 0 Å². The third kappa shape index (κ3) is 7.96. The van der Waals surface area contributed by atoms with Crippen LogP contribution in [0.5, 0.6) is 0 Å². The van der Waals surface area contributed by atoms with E-state index >= 15 is 0 Å². The van der Waals surface area contributed by atoms with Crippen molar-refractivity contribution < 1.29 is 19.8 Å². The van der Waals surface area contributed by atoms with Gasteiger partial charge in [0, 0.05) is 13.1 Å². The summed E-state index contributed by atoms with van der Waals surface area (Å²) in [7, 11) is 4.16. The van der Waals surface area contributed by atoms with E-state index in [1.165, 1.54) is 0 Å². The van der Waals surface area contributed by atoms with E-state index in [0.717, 1.165) is 24.5 Å². The standard InChI is InChI=1S/C16H21N3.C2H2O4/c1-18(2)14-13-17-19(15-9-5-3-6-10-15)16-11-7-4-8-12-16;3-1(4)2(5)6/h3-12,17H,13-14H2,1-2H3;(H,3,4)(H,5,6). The fraction of sp³-hybridized carbons (Fsp3) is 0.222. The number of aliphatic carboxylic acids is 2. The highest BCUT2D eigenvalue weighted by Crippen LogP contribution is 2.22. The van der Waals surface area contributed by atoms with Crippen LogP contribution in [0.3, 0.4) is 0 Å². The van der Waals surface area contributed by atoms with Crippen molar-refractivity contribution in [2.24, 2.45) is 0 Å². The molecule has 2 aromatic carbocycles. The van der Waals surface area contributed by atoms with Crippen LogP contribution in [0.4, 0.5) is 11.4 Å². The summed E-state index contributed by atoms with van der Waals surface area (Å²) >= 11 is 0. The quantitative estimate of drug-likeness (QED) is 0.545. The number of carbonyl (C=O) groups is 2. The lowest BCUT2D eigenvalue weighted by Gasteiger charge is -2.26. The topological polar surface area (TPSA) is 93.1 Å². The van der Waals surface area contributed by atoms with E-state index in [4.69, 9.17) is 19.8 Å². The number of hydrogen-bond donors (Lipinski definition) is 3. The van der Waals surface area contributed by atoms with Crippen LogP contribution in [0.25, 0.3) is 0 Å². The minimum Gasteiger partial charge on any atom is -0.473 e. The molecular weight excluding hydrogens is 322 g/mol. The molecule has 0 spiro atoms. The van der Waals surface area contributed by atoms with Crippen LogP contribution in [0.1, 0.15) is 0 Å². The summed E-state index contributed by atoms with van der Waals surface area (Å²) in [5, 5.41) is 16.9. The first kappa shape index (κ1) is 20.1. The first-order valence-corrected chi connectivity index (χ1v) is 7.66. The minimum absolute atomic E-state index is 0.900. The van der Waals surface area contributed by atoms with Crippen LogP contribution in [0.15, 0.2) is 60.7 Å². The first-order valence-electron chi connectivity index (χ1n) is 7.66. The number of para-hydroxylation sites is 2. The van der Waals surface area contributed by atoms with Crippen molar-refractivity contribution in [3.05, 3.63) is 60.7 Å². The molecule has 0 aliphatic rings. The number of hydrazine groups is 1. The number of nitrogens with zero attached hydrogens (tertiary/aromatic N) is 2. The number of nitrogens with one attached hydrogen (secondary N) is 1. The molecule has 7 heteroatoms. The second kappa shape index (κ2) is 10.8. The number of rotatable bonds is 6. The van der Waals surface area contributed by atoms with Crippen molar-refractivity contribution >= 4 is 23.3 Å². The van der Waals surface area contributed by atoms with Crippen LogP contribution >= 0.6 is 0 Å². The molecule has 134 valence electrons. The maximum Gasteiger partial charge on any atom is 0.414 e. The Morgan fingerprint density at radius 2 is 1.24 bits per heavy atom. The van der Waals surface area contributed by atoms with Gasteiger partial charge in [0.15, 0.2) is 0 Å². The Morgan fingerprint density at radius 1 is 0.840 bits per heavy atom. The van der Waals surface area contributed by atoms with Crippen LogP contribution < -0.4 is 10.4 Å². The Hall–Kier alpha value is -2.90. The van der Waals surface area contributed by atoms with Crippen molar-refractivity contribution in [3.63, 3.8) is 0 Å². The average Bonchev–Trinajstić information content (AvgIpc) is 2.60. The van der Waals surface area contributed by atoms with E-state index in [9.17, 15) is 0 Å². The molecule has 0 aliphatic heterocycles. The summed E-state index contributed by atoms with van der Waals surface area (Å²) in [4.78, 5) is 20.4. The number of carboxylic acids is 2. The lowest BCUT2D eigenvalue weighted by molar-refractivity contribution is -0.159. The Balaban J connectivity index is 0.000000450. The molecule has 2 aromatic rings. The van der Waals surface area contributed by atoms with Gasteiger partial charge in [-0.15, -0.1) is 0 Å². The normalized spacial score (nSPS) is 9.88. The number of anilines is 2. The van der Waals surface area contributed by atoms with Crippen LogP contribution in [0, 0.1) is 0 Å². The number of likely N-dealkylation sites (N-methyl/N-ethyl adjacent to an activating group) is 1. The second-order valence-corrected chi connectivity index (χ2v) is 5.33. The minimum atomic E-state index is -1.82. The number of hydrogen-bond acceptors (Lipinski definition) is 5. The number of benzene rings is 2. The molecule has 0 atom stereocenters. The highest BCUT2D eigenvalue weighted by atomic mass is 16.4. The summed E-state index contributed by atoms with van der Waals surface area (Å²) < 4.78 is 0. The predicted octanol–water partition coefficient (Wildman–Crippen LogP) is 2.05.